The summed E-state index contributed by atoms with van der Waals surface area (Å²) in [6.07, 6.45) is 1.83. The zero-order chi connectivity index (χ0) is 15.7. The number of hydrogen-bond acceptors (Lipinski definition) is 1. The van der Waals surface area contributed by atoms with Crippen molar-refractivity contribution in [1.29, 1.82) is 0 Å². The second kappa shape index (κ2) is 5.30. The van der Waals surface area contributed by atoms with Crippen LogP contribution in [0.4, 0.5) is 4.39 Å². The topological polar surface area (TPSA) is 44.9 Å². The van der Waals surface area contributed by atoms with Crippen LogP contribution >= 0.6 is 0 Å². The van der Waals surface area contributed by atoms with E-state index in [9.17, 15) is 9.18 Å². The smallest absolute Gasteiger partial charge is 0.217 e. The highest BCUT2D eigenvalue weighted by Crippen LogP contribution is 2.34. The van der Waals surface area contributed by atoms with Crippen LogP contribution in [0.25, 0.3) is 10.9 Å². The molecule has 1 heterocycles. The zero-order valence-electron chi connectivity index (χ0n) is 12.5. The standard InChI is InChI=1S/C18H17FN2O/c1-12(22)21-18(2,13-6-4-3-5-7-13)16-11-20-17-9-8-14(19)10-15(16)17/h3-11,20H,1-2H3,(H,21,22). The lowest BCUT2D eigenvalue weighted by molar-refractivity contribution is -0.120. The molecular formula is C18H17FN2O. The lowest BCUT2D eigenvalue weighted by atomic mass is 9.84. The van der Waals surface area contributed by atoms with Crippen LogP contribution in [-0.2, 0) is 10.3 Å². The van der Waals surface area contributed by atoms with Gasteiger partial charge in [-0.2, -0.15) is 0 Å². The molecule has 0 fully saturated rings. The molecule has 2 aromatic carbocycles. The van der Waals surface area contributed by atoms with Crippen molar-refractivity contribution in [2.75, 3.05) is 0 Å². The molecule has 3 rings (SSSR count). The third-order valence-electron chi connectivity index (χ3n) is 3.96. The van der Waals surface area contributed by atoms with Crippen molar-refractivity contribution in [2.24, 2.45) is 0 Å². The molecule has 0 aliphatic rings. The van der Waals surface area contributed by atoms with Gasteiger partial charge in [-0.15, -0.1) is 0 Å². The molecule has 0 saturated carbocycles. The van der Waals surface area contributed by atoms with Gasteiger partial charge >= 0.3 is 0 Å². The maximum Gasteiger partial charge on any atom is 0.217 e. The third kappa shape index (κ3) is 2.37. The van der Waals surface area contributed by atoms with Crippen molar-refractivity contribution in [3.63, 3.8) is 0 Å². The Morgan fingerprint density at radius 2 is 1.91 bits per heavy atom. The number of carbonyl (C=O) groups is 1. The first-order valence-corrected chi connectivity index (χ1v) is 7.12. The monoisotopic (exact) mass is 296 g/mol. The van der Waals surface area contributed by atoms with Crippen molar-refractivity contribution in [3.8, 4) is 0 Å². The van der Waals surface area contributed by atoms with Gasteiger partial charge in [0, 0.05) is 29.6 Å². The van der Waals surface area contributed by atoms with Gasteiger partial charge in [-0.25, -0.2) is 4.39 Å². The number of halogens is 1. The number of aromatic amines is 1. The summed E-state index contributed by atoms with van der Waals surface area (Å²) in [5.41, 5.74) is 1.88. The molecule has 0 spiro atoms. The molecule has 0 bridgehead atoms. The fourth-order valence-electron chi connectivity index (χ4n) is 2.93. The number of benzene rings is 2. The second-order valence-electron chi connectivity index (χ2n) is 5.56. The van der Waals surface area contributed by atoms with Crippen LogP contribution in [0.5, 0.6) is 0 Å². The average Bonchev–Trinajstić information content (AvgIpc) is 2.91. The number of carbonyl (C=O) groups excluding carboxylic acids is 1. The number of hydrogen-bond donors (Lipinski definition) is 2. The van der Waals surface area contributed by atoms with E-state index >= 15 is 0 Å². The van der Waals surface area contributed by atoms with Crippen LogP contribution in [0.1, 0.15) is 25.0 Å². The average molecular weight is 296 g/mol. The molecule has 2 N–H and O–H groups in total. The van der Waals surface area contributed by atoms with Crippen LogP contribution in [0.3, 0.4) is 0 Å². The summed E-state index contributed by atoms with van der Waals surface area (Å²) in [5.74, 6) is -0.441. The van der Waals surface area contributed by atoms with Crippen molar-refractivity contribution in [2.45, 2.75) is 19.4 Å². The van der Waals surface area contributed by atoms with Crippen molar-refractivity contribution in [1.82, 2.24) is 10.3 Å². The van der Waals surface area contributed by atoms with Crippen molar-refractivity contribution >= 4 is 16.8 Å². The van der Waals surface area contributed by atoms with Gasteiger partial charge in [-0.1, -0.05) is 30.3 Å². The Balaban J connectivity index is 2.24. The molecule has 1 unspecified atom stereocenters. The molecule has 0 aliphatic heterocycles. The minimum Gasteiger partial charge on any atom is -0.361 e. The Morgan fingerprint density at radius 1 is 1.18 bits per heavy atom. The SMILES string of the molecule is CC(=O)NC(C)(c1ccccc1)c1c[nH]c2ccc(F)cc12. The van der Waals surface area contributed by atoms with E-state index in [0.29, 0.717) is 0 Å². The number of rotatable bonds is 3. The summed E-state index contributed by atoms with van der Waals surface area (Å²) >= 11 is 0. The highest BCUT2D eigenvalue weighted by molar-refractivity contribution is 5.86. The van der Waals surface area contributed by atoms with Gasteiger partial charge in [0.1, 0.15) is 5.82 Å². The molecule has 3 nitrogen and oxygen atoms in total. The summed E-state index contributed by atoms with van der Waals surface area (Å²) in [6.45, 7) is 3.41. The minimum absolute atomic E-state index is 0.142. The van der Waals surface area contributed by atoms with Crippen molar-refractivity contribution in [3.05, 3.63) is 71.7 Å². The first-order valence-electron chi connectivity index (χ1n) is 7.12. The summed E-state index contributed by atoms with van der Waals surface area (Å²) in [4.78, 5) is 14.9. The molecule has 1 amide bonds. The maximum absolute atomic E-state index is 13.6. The lowest BCUT2D eigenvalue weighted by Gasteiger charge is -2.31. The van der Waals surface area contributed by atoms with Gasteiger partial charge in [0.25, 0.3) is 0 Å². The first-order chi connectivity index (χ1) is 10.5. The molecule has 22 heavy (non-hydrogen) atoms. The van der Waals surface area contributed by atoms with Crippen LogP contribution < -0.4 is 5.32 Å². The fraction of sp³-hybridized carbons (Fsp3) is 0.167. The van der Waals surface area contributed by atoms with E-state index in [0.717, 1.165) is 22.0 Å². The van der Waals surface area contributed by atoms with Gasteiger partial charge in [0.15, 0.2) is 0 Å². The number of fused-ring (bicyclic) bond motifs is 1. The van der Waals surface area contributed by atoms with E-state index in [1.54, 1.807) is 6.07 Å². The third-order valence-corrected chi connectivity index (χ3v) is 3.96. The van der Waals surface area contributed by atoms with Crippen LogP contribution in [0.15, 0.2) is 54.7 Å². The molecule has 112 valence electrons. The van der Waals surface area contributed by atoms with Gasteiger partial charge < -0.3 is 10.3 Å². The number of H-pyrrole nitrogens is 1. The molecule has 0 aliphatic carbocycles. The normalized spacial score (nSPS) is 13.8. The Hall–Kier alpha value is -2.62. The number of amides is 1. The minimum atomic E-state index is -0.737. The van der Waals surface area contributed by atoms with E-state index in [1.807, 2.05) is 43.5 Å². The zero-order valence-corrected chi connectivity index (χ0v) is 12.5. The Bertz CT molecular complexity index is 825. The fourth-order valence-corrected chi connectivity index (χ4v) is 2.93. The maximum atomic E-state index is 13.6. The van der Waals surface area contributed by atoms with E-state index in [1.165, 1.54) is 19.1 Å². The molecule has 3 aromatic rings. The van der Waals surface area contributed by atoms with Crippen LogP contribution in [-0.4, -0.2) is 10.9 Å². The second-order valence-corrected chi connectivity index (χ2v) is 5.56. The summed E-state index contributed by atoms with van der Waals surface area (Å²) < 4.78 is 13.6. The van der Waals surface area contributed by atoms with E-state index in [-0.39, 0.29) is 11.7 Å². The number of nitrogens with one attached hydrogen (secondary N) is 2. The summed E-state index contributed by atoms with van der Waals surface area (Å²) in [5, 5.41) is 3.77. The van der Waals surface area contributed by atoms with E-state index in [2.05, 4.69) is 10.3 Å². The van der Waals surface area contributed by atoms with Crippen LogP contribution in [0, 0.1) is 5.82 Å². The summed E-state index contributed by atoms with van der Waals surface area (Å²) in [6, 6.07) is 14.3. The molecular weight excluding hydrogens is 279 g/mol. The Morgan fingerprint density at radius 3 is 2.59 bits per heavy atom. The van der Waals surface area contributed by atoms with Gasteiger partial charge in [0.2, 0.25) is 5.91 Å². The predicted molar refractivity (Wildman–Crippen MR) is 85.0 cm³/mol. The van der Waals surface area contributed by atoms with Gasteiger partial charge in [0.05, 0.1) is 5.54 Å². The quantitative estimate of drug-likeness (QED) is 0.760. The van der Waals surface area contributed by atoms with Gasteiger partial charge in [-0.3, -0.25) is 4.79 Å². The van der Waals surface area contributed by atoms with Gasteiger partial charge in [-0.05, 0) is 30.7 Å². The predicted octanol–water partition coefficient (Wildman–Crippen LogP) is 3.71. The lowest BCUT2D eigenvalue weighted by Crippen LogP contribution is -2.43. The number of aromatic nitrogens is 1. The largest absolute Gasteiger partial charge is 0.361 e. The first kappa shape index (κ1) is 14.3. The van der Waals surface area contributed by atoms with Crippen molar-refractivity contribution < 1.29 is 9.18 Å². The van der Waals surface area contributed by atoms with E-state index < -0.39 is 5.54 Å². The molecule has 1 atom stereocenters. The molecule has 0 radical (unpaired) electrons. The molecule has 0 saturated heterocycles. The highest BCUT2D eigenvalue weighted by Gasteiger charge is 2.32. The molecule has 4 heteroatoms. The van der Waals surface area contributed by atoms with Crippen LogP contribution in [0.2, 0.25) is 0 Å². The summed E-state index contributed by atoms with van der Waals surface area (Å²) in [7, 11) is 0. The molecule has 1 aromatic heterocycles. The van der Waals surface area contributed by atoms with E-state index in [4.69, 9.17) is 0 Å². The Labute approximate surface area is 128 Å². The highest BCUT2D eigenvalue weighted by atomic mass is 19.1. The Kier molecular flexibility index (Phi) is 3.45.